The van der Waals surface area contributed by atoms with E-state index in [1.54, 1.807) is 30.3 Å². The van der Waals surface area contributed by atoms with Gasteiger partial charge in [0, 0.05) is 5.56 Å². The number of halogens is 2. The Morgan fingerprint density at radius 3 is 2.59 bits per heavy atom. The van der Waals surface area contributed by atoms with Gasteiger partial charge in [0.05, 0.1) is 10.0 Å². The maximum atomic E-state index is 11.3. The highest BCUT2D eigenvalue weighted by Crippen LogP contribution is 2.31. The summed E-state index contributed by atoms with van der Waals surface area (Å²) in [6, 6.07) is 18.0. The minimum atomic E-state index is -1.29. The van der Waals surface area contributed by atoms with Crippen LogP contribution in [-0.4, -0.2) is 11.1 Å². The first-order valence-electron chi connectivity index (χ1n) is 7.93. The Bertz CT molecular complexity index is 1100. The van der Waals surface area contributed by atoms with Crippen molar-refractivity contribution in [2.24, 2.45) is 0 Å². The third-order valence-electron chi connectivity index (χ3n) is 3.95. The van der Waals surface area contributed by atoms with Crippen molar-refractivity contribution in [2.75, 3.05) is 0 Å². The van der Waals surface area contributed by atoms with Gasteiger partial charge in [-0.1, -0.05) is 59.6 Å². The summed E-state index contributed by atoms with van der Waals surface area (Å²) in [4.78, 5) is 11.3. The first kappa shape index (κ1) is 18.8. The van der Waals surface area contributed by atoms with Crippen LogP contribution in [0.2, 0.25) is 10.0 Å². The molecule has 6 heteroatoms. The second-order valence-electron chi connectivity index (χ2n) is 5.71. The monoisotopic (exact) mass is 397 g/mol. The molecule has 134 valence electrons. The molecular weight excluding hydrogens is 385 g/mol. The molecule has 0 radical (unpaired) electrons. The lowest BCUT2D eigenvalue weighted by Gasteiger charge is -2.13. The van der Waals surface area contributed by atoms with E-state index >= 15 is 0 Å². The second kappa shape index (κ2) is 8.13. The van der Waals surface area contributed by atoms with E-state index in [1.165, 1.54) is 6.08 Å². The molecule has 0 aliphatic carbocycles. The van der Waals surface area contributed by atoms with Gasteiger partial charge in [0.25, 0.3) is 0 Å². The largest absolute Gasteiger partial charge is 0.488 e. The van der Waals surface area contributed by atoms with Crippen LogP contribution in [0.1, 0.15) is 11.1 Å². The number of carbonyl (C=O) groups is 1. The number of rotatable bonds is 5. The van der Waals surface area contributed by atoms with Gasteiger partial charge in [0.1, 0.15) is 24.0 Å². The Labute approximate surface area is 165 Å². The van der Waals surface area contributed by atoms with Gasteiger partial charge in [-0.3, -0.25) is 0 Å². The zero-order valence-corrected chi connectivity index (χ0v) is 15.5. The third kappa shape index (κ3) is 4.22. The van der Waals surface area contributed by atoms with E-state index in [1.807, 2.05) is 30.3 Å². The van der Waals surface area contributed by atoms with E-state index < -0.39 is 5.97 Å². The number of fused-ring (bicyclic) bond motifs is 1. The molecule has 0 bridgehead atoms. The van der Waals surface area contributed by atoms with Crippen molar-refractivity contribution in [3.8, 4) is 11.8 Å². The van der Waals surface area contributed by atoms with Crippen LogP contribution in [0.4, 0.5) is 0 Å². The van der Waals surface area contributed by atoms with E-state index in [4.69, 9.17) is 33.2 Å². The second-order valence-corrected chi connectivity index (χ2v) is 6.53. The average Bonchev–Trinajstić information content (AvgIpc) is 2.67. The molecule has 3 rings (SSSR count). The van der Waals surface area contributed by atoms with Crippen LogP contribution in [0, 0.1) is 11.3 Å². The highest BCUT2D eigenvalue weighted by Gasteiger charge is 2.12. The van der Waals surface area contributed by atoms with Crippen molar-refractivity contribution < 1.29 is 14.6 Å². The Morgan fingerprint density at radius 1 is 1.11 bits per heavy atom. The van der Waals surface area contributed by atoms with Crippen molar-refractivity contribution in [1.29, 1.82) is 5.26 Å². The van der Waals surface area contributed by atoms with E-state index in [2.05, 4.69) is 0 Å². The Balaban J connectivity index is 2.04. The highest BCUT2D eigenvalue weighted by atomic mass is 35.5. The van der Waals surface area contributed by atoms with E-state index in [9.17, 15) is 9.90 Å². The number of hydrogen-bond acceptors (Lipinski definition) is 3. The van der Waals surface area contributed by atoms with Gasteiger partial charge in [-0.05, 0) is 40.6 Å². The molecule has 0 saturated heterocycles. The molecule has 0 aromatic heterocycles. The number of benzene rings is 3. The Morgan fingerprint density at radius 2 is 1.89 bits per heavy atom. The van der Waals surface area contributed by atoms with Crippen LogP contribution in [0.15, 0.2) is 60.2 Å². The summed E-state index contributed by atoms with van der Waals surface area (Å²) in [5.41, 5.74) is 0.976. The number of aliphatic carboxylic acids is 1. The Hall–Kier alpha value is -3.00. The van der Waals surface area contributed by atoms with Gasteiger partial charge in [-0.15, -0.1) is 0 Å². The summed E-state index contributed by atoms with van der Waals surface area (Å²) in [7, 11) is 0. The molecule has 0 spiro atoms. The minimum Gasteiger partial charge on any atom is -0.488 e. The molecule has 0 heterocycles. The van der Waals surface area contributed by atoms with Gasteiger partial charge in [-0.25, -0.2) is 4.79 Å². The Kier molecular flexibility index (Phi) is 5.66. The zero-order valence-electron chi connectivity index (χ0n) is 13.9. The normalized spacial score (nSPS) is 11.2. The van der Waals surface area contributed by atoms with Gasteiger partial charge in [0.15, 0.2) is 0 Å². The van der Waals surface area contributed by atoms with Crippen LogP contribution < -0.4 is 4.74 Å². The van der Waals surface area contributed by atoms with E-state index in [0.29, 0.717) is 21.4 Å². The molecule has 0 aliphatic rings. The van der Waals surface area contributed by atoms with Crippen molar-refractivity contribution in [2.45, 2.75) is 6.61 Å². The lowest BCUT2D eigenvalue weighted by atomic mass is 10.0. The summed E-state index contributed by atoms with van der Waals surface area (Å²) in [6.07, 6.45) is 1.33. The first-order chi connectivity index (χ1) is 13.0. The molecule has 0 saturated carbocycles. The highest BCUT2D eigenvalue weighted by molar-refractivity contribution is 6.42. The maximum absolute atomic E-state index is 11.3. The zero-order chi connectivity index (χ0) is 19.4. The molecule has 1 N–H and O–H groups in total. The first-order valence-corrected chi connectivity index (χ1v) is 8.69. The predicted octanol–water partition coefficient (Wildman–Crippen LogP) is 5.72. The molecule has 3 aromatic carbocycles. The molecule has 0 amide bonds. The summed E-state index contributed by atoms with van der Waals surface area (Å²) in [5, 5.41) is 20.9. The molecule has 3 aromatic rings. The maximum Gasteiger partial charge on any atom is 0.346 e. The topological polar surface area (TPSA) is 70.3 Å². The van der Waals surface area contributed by atoms with Crippen LogP contribution in [-0.2, 0) is 11.4 Å². The van der Waals surface area contributed by atoms with Crippen molar-refractivity contribution in [1.82, 2.24) is 0 Å². The van der Waals surface area contributed by atoms with Crippen LogP contribution >= 0.6 is 23.2 Å². The smallest absolute Gasteiger partial charge is 0.346 e. The van der Waals surface area contributed by atoms with Gasteiger partial charge in [-0.2, -0.15) is 5.26 Å². The fraction of sp³-hybridized carbons (Fsp3) is 0.0476. The van der Waals surface area contributed by atoms with E-state index in [0.717, 1.165) is 16.3 Å². The van der Waals surface area contributed by atoms with Gasteiger partial charge >= 0.3 is 5.97 Å². The van der Waals surface area contributed by atoms with Crippen LogP contribution in [0.25, 0.3) is 16.8 Å². The standard InChI is InChI=1S/C21H13Cl2NO3/c22-18-7-5-13(9-19(18)23)12-27-20-8-6-14-3-1-2-4-16(14)17(20)10-15(11-24)21(25)26/h1-10H,12H2,(H,25,26). The van der Waals surface area contributed by atoms with E-state index in [-0.39, 0.29) is 12.2 Å². The molecule has 0 unspecified atom stereocenters. The van der Waals surface area contributed by atoms with Crippen LogP contribution in [0.3, 0.4) is 0 Å². The quantitative estimate of drug-likeness (QED) is 0.441. The number of ether oxygens (including phenoxy) is 1. The SMILES string of the molecule is N#CC(=Cc1c(OCc2ccc(Cl)c(Cl)c2)ccc2ccccc12)C(=O)O. The fourth-order valence-corrected chi connectivity index (χ4v) is 2.95. The summed E-state index contributed by atoms with van der Waals surface area (Å²) >= 11 is 12.0. The predicted molar refractivity (Wildman–Crippen MR) is 106 cm³/mol. The van der Waals surface area contributed by atoms with Crippen molar-refractivity contribution in [3.63, 3.8) is 0 Å². The van der Waals surface area contributed by atoms with Gasteiger partial charge in [0.2, 0.25) is 0 Å². The third-order valence-corrected chi connectivity index (χ3v) is 4.69. The molecule has 0 fully saturated rings. The number of carboxylic acid groups (broad SMARTS) is 1. The number of carboxylic acids is 1. The van der Waals surface area contributed by atoms with Crippen molar-refractivity contribution >= 4 is 46.0 Å². The molecular formula is C21H13Cl2NO3. The minimum absolute atomic E-state index is 0.213. The van der Waals surface area contributed by atoms with Crippen LogP contribution in [0.5, 0.6) is 5.75 Å². The summed E-state index contributed by atoms with van der Waals surface area (Å²) < 4.78 is 5.90. The van der Waals surface area contributed by atoms with Crippen molar-refractivity contribution in [3.05, 3.63) is 81.3 Å². The molecule has 0 atom stereocenters. The number of nitrogens with zero attached hydrogens (tertiary/aromatic N) is 1. The average molecular weight is 398 g/mol. The summed E-state index contributed by atoms with van der Waals surface area (Å²) in [5.74, 6) is -0.824. The summed E-state index contributed by atoms with van der Waals surface area (Å²) in [6.45, 7) is 0.213. The molecule has 4 nitrogen and oxygen atoms in total. The lowest BCUT2D eigenvalue weighted by molar-refractivity contribution is -0.132. The number of hydrogen-bond donors (Lipinski definition) is 1. The molecule has 27 heavy (non-hydrogen) atoms. The van der Waals surface area contributed by atoms with Gasteiger partial charge < -0.3 is 9.84 Å². The lowest BCUT2D eigenvalue weighted by Crippen LogP contribution is -2.00. The number of nitriles is 1. The fourth-order valence-electron chi connectivity index (χ4n) is 2.63. The molecule has 0 aliphatic heterocycles.